The number of amides is 2. The van der Waals surface area contributed by atoms with E-state index in [-0.39, 0.29) is 17.7 Å². The second-order valence-electron chi connectivity index (χ2n) is 7.26. The van der Waals surface area contributed by atoms with Gasteiger partial charge >= 0.3 is 0 Å². The van der Waals surface area contributed by atoms with Gasteiger partial charge in [0.1, 0.15) is 0 Å². The average molecular weight is 459 g/mol. The van der Waals surface area contributed by atoms with Crippen LogP contribution in [0.5, 0.6) is 0 Å². The van der Waals surface area contributed by atoms with Gasteiger partial charge in [0.15, 0.2) is 0 Å². The summed E-state index contributed by atoms with van der Waals surface area (Å²) in [6.45, 7) is 3.07. The average Bonchev–Trinajstić information content (AvgIpc) is 2.77. The van der Waals surface area contributed by atoms with Gasteiger partial charge < -0.3 is 15.0 Å². The number of nitrogens with zero attached hydrogens (tertiary/aromatic N) is 1. The molecule has 2 aromatic carbocycles. The smallest absolute Gasteiger partial charge is 0.253 e. The number of nitrogens with one attached hydrogen (secondary N) is 1. The molecule has 0 aromatic heterocycles. The van der Waals surface area contributed by atoms with Gasteiger partial charge in [-0.15, -0.1) is 0 Å². The molecular weight excluding hydrogens is 432 g/mol. The second kappa shape index (κ2) is 11.1. The Morgan fingerprint density at radius 3 is 2.41 bits per heavy atom. The van der Waals surface area contributed by atoms with Crippen LogP contribution in [0.15, 0.2) is 59.1 Å². The van der Waals surface area contributed by atoms with E-state index < -0.39 is 0 Å². The lowest BCUT2D eigenvalue weighted by Crippen LogP contribution is -2.43. The van der Waals surface area contributed by atoms with E-state index in [1.165, 1.54) is 0 Å². The lowest BCUT2D eigenvalue weighted by Gasteiger charge is -2.31. The quantitative estimate of drug-likeness (QED) is 0.607. The molecule has 1 heterocycles. The van der Waals surface area contributed by atoms with Crippen LogP contribution in [-0.4, -0.2) is 43.0 Å². The normalized spacial score (nSPS) is 14.6. The van der Waals surface area contributed by atoms with E-state index in [0.29, 0.717) is 51.3 Å². The highest BCUT2D eigenvalue weighted by molar-refractivity contribution is 9.10. The van der Waals surface area contributed by atoms with E-state index >= 15 is 0 Å². The Balaban J connectivity index is 1.30. The summed E-state index contributed by atoms with van der Waals surface area (Å²) in [5.41, 5.74) is 1.84. The van der Waals surface area contributed by atoms with Gasteiger partial charge in [0.2, 0.25) is 5.91 Å². The van der Waals surface area contributed by atoms with Gasteiger partial charge in [0, 0.05) is 42.2 Å². The molecule has 1 saturated heterocycles. The molecule has 0 unspecified atom stereocenters. The van der Waals surface area contributed by atoms with E-state index in [9.17, 15) is 9.59 Å². The molecule has 1 N–H and O–H groups in total. The van der Waals surface area contributed by atoms with E-state index in [1.807, 2.05) is 59.5 Å². The Hall–Kier alpha value is -2.18. The predicted molar refractivity (Wildman–Crippen MR) is 116 cm³/mol. The monoisotopic (exact) mass is 458 g/mol. The highest BCUT2D eigenvalue weighted by atomic mass is 79.9. The molecule has 2 amide bonds. The minimum absolute atomic E-state index is 0.0193. The van der Waals surface area contributed by atoms with Crippen molar-refractivity contribution in [2.45, 2.75) is 25.9 Å². The lowest BCUT2D eigenvalue weighted by atomic mass is 9.95. The minimum atomic E-state index is -0.0193. The highest BCUT2D eigenvalue weighted by Crippen LogP contribution is 2.20. The number of rotatable bonds is 8. The SMILES string of the molecule is O=C(NCCCOCc1ccccc1)C1CCN(C(=O)c2ccc(Br)cc2)CC1. The first-order valence-electron chi connectivity index (χ1n) is 10.1. The molecule has 1 aliphatic heterocycles. The molecule has 29 heavy (non-hydrogen) atoms. The molecule has 5 nitrogen and oxygen atoms in total. The van der Waals surface area contributed by atoms with Crippen LogP contribution in [0.1, 0.15) is 35.2 Å². The summed E-state index contributed by atoms with van der Waals surface area (Å²) in [5, 5.41) is 3.01. The number of carbonyl (C=O) groups is 2. The van der Waals surface area contributed by atoms with Crippen LogP contribution < -0.4 is 5.32 Å². The van der Waals surface area contributed by atoms with Gasteiger partial charge in [-0.1, -0.05) is 46.3 Å². The maximum absolute atomic E-state index is 12.6. The second-order valence-corrected chi connectivity index (χ2v) is 8.17. The summed E-state index contributed by atoms with van der Waals surface area (Å²) in [5.74, 6) is 0.102. The topological polar surface area (TPSA) is 58.6 Å². The third-order valence-electron chi connectivity index (χ3n) is 5.12. The number of hydrogen-bond donors (Lipinski definition) is 1. The van der Waals surface area contributed by atoms with Crippen molar-refractivity contribution in [1.82, 2.24) is 10.2 Å². The first-order valence-corrected chi connectivity index (χ1v) is 10.9. The zero-order chi connectivity index (χ0) is 20.5. The number of piperidine rings is 1. The molecule has 3 rings (SSSR count). The Kier molecular flexibility index (Phi) is 8.25. The van der Waals surface area contributed by atoms with Crippen molar-refractivity contribution >= 4 is 27.7 Å². The van der Waals surface area contributed by atoms with E-state index in [2.05, 4.69) is 21.2 Å². The minimum Gasteiger partial charge on any atom is -0.377 e. The maximum Gasteiger partial charge on any atom is 0.253 e. The third-order valence-corrected chi connectivity index (χ3v) is 5.65. The van der Waals surface area contributed by atoms with E-state index in [4.69, 9.17) is 4.74 Å². The van der Waals surface area contributed by atoms with Gasteiger partial charge in [-0.2, -0.15) is 0 Å². The van der Waals surface area contributed by atoms with E-state index in [0.717, 1.165) is 16.5 Å². The zero-order valence-corrected chi connectivity index (χ0v) is 18.1. The molecule has 154 valence electrons. The summed E-state index contributed by atoms with van der Waals surface area (Å²) in [4.78, 5) is 26.8. The Morgan fingerprint density at radius 1 is 1.03 bits per heavy atom. The van der Waals surface area contributed by atoms with E-state index in [1.54, 1.807) is 0 Å². The molecule has 0 saturated carbocycles. The number of halogens is 1. The largest absolute Gasteiger partial charge is 0.377 e. The number of benzene rings is 2. The first-order chi connectivity index (χ1) is 14.1. The summed E-state index contributed by atoms with van der Waals surface area (Å²) in [7, 11) is 0. The van der Waals surface area contributed by atoms with Crippen molar-refractivity contribution in [3.8, 4) is 0 Å². The fourth-order valence-electron chi connectivity index (χ4n) is 3.41. The summed E-state index contributed by atoms with van der Waals surface area (Å²) < 4.78 is 6.59. The number of hydrogen-bond acceptors (Lipinski definition) is 3. The molecular formula is C23H27BrN2O3. The molecule has 0 bridgehead atoms. The molecule has 6 heteroatoms. The molecule has 0 radical (unpaired) electrons. The molecule has 0 spiro atoms. The first kappa shape index (κ1) is 21.5. The Labute approximate surface area is 180 Å². The van der Waals surface area contributed by atoms with Crippen molar-refractivity contribution in [3.05, 3.63) is 70.2 Å². The fourth-order valence-corrected chi connectivity index (χ4v) is 3.68. The molecule has 0 atom stereocenters. The lowest BCUT2D eigenvalue weighted by molar-refractivity contribution is -0.126. The van der Waals surface area contributed by atoms with Crippen LogP contribution >= 0.6 is 15.9 Å². The van der Waals surface area contributed by atoms with Gasteiger partial charge in [0.05, 0.1) is 6.61 Å². The van der Waals surface area contributed by atoms with Gasteiger partial charge in [-0.25, -0.2) is 0 Å². The predicted octanol–water partition coefficient (Wildman–Crippen LogP) is 4.02. The van der Waals surface area contributed by atoms with Crippen LogP contribution in [0.2, 0.25) is 0 Å². The summed E-state index contributed by atoms with van der Waals surface area (Å²) in [6, 6.07) is 17.4. The van der Waals surface area contributed by atoms with Gasteiger partial charge in [-0.3, -0.25) is 9.59 Å². The maximum atomic E-state index is 12.6. The third kappa shape index (κ3) is 6.68. The number of likely N-dealkylation sites (tertiary alicyclic amines) is 1. The van der Waals surface area contributed by atoms with Crippen LogP contribution in [-0.2, 0) is 16.1 Å². The fraction of sp³-hybridized carbons (Fsp3) is 0.391. The molecule has 1 aliphatic rings. The van der Waals surface area contributed by atoms with Crippen molar-refractivity contribution in [3.63, 3.8) is 0 Å². The van der Waals surface area contributed by atoms with Gasteiger partial charge in [-0.05, 0) is 49.1 Å². The number of carbonyl (C=O) groups excluding carboxylic acids is 2. The molecule has 2 aromatic rings. The Morgan fingerprint density at radius 2 is 1.72 bits per heavy atom. The Bertz CT molecular complexity index is 788. The van der Waals surface area contributed by atoms with Crippen molar-refractivity contribution < 1.29 is 14.3 Å². The standard InChI is InChI=1S/C23H27BrN2O3/c24-21-9-7-20(8-10-21)23(28)26-14-11-19(12-15-26)22(27)25-13-4-16-29-17-18-5-2-1-3-6-18/h1-3,5-10,19H,4,11-17H2,(H,25,27). The van der Waals surface area contributed by atoms with Crippen molar-refractivity contribution in [2.24, 2.45) is 5.92 Å². The van der Waals surface area contributed by atoms with Crippen LogP contribution in [0, 0.1) is 5.92 Å². The van der Waals surface area contributed by atoms with Crippen LogP contribution in [0.25, 0.3) is 0 Å². The highest BCUT2D eigenvalue weighted by Gasteiger charge is 2.27. The molecule has 1 fully saturated rings. The van der Waals surface area contributed by atoms with Crippen molar-refractivity contribution in [2.75, 3.05) is 26.2 Å². The van der Waals surface area contributed by atoms with Gasteiger partial charge in [0.25, 0.3) is 5.91 Å². The zero-order valence-electron chi connectivity index (χ0n) is 16.5. The summed E-state index contributed by atoms with van der Waals surface area (Å²) >= 11 is 3.38. The summed E-state index contributed by atoms with van der Waals surface area (Å²) in [6.07, 6.45) is 2.21. The van der Waals surface area contributed by atoms with Crippen LogP contribution in [0.4, 0.5) is 0 Å². The van der Waals surface area contributed by atoms with Crippen molar-refractivity contribution in [1.29, 1.82) is 0 Å². The number of ether oxygens (including phenoxy) is 1. The van der Waals surface area contributed by atoms with Crippen LogP contribution in [0.3, 0.4) is 0 Å². The molecule has 0 aliphatic carbocycles.